The first-order valence-electron chi connectivity index (χ1n) is 17.7. The van der Waals surface area contributed by atoms with Gasteiger partial charge in [0.1, 0.15) is 5.82 Å². The Morgan fingerprint density at radius 2 is 1.47 bits per heavy atom. The number of anilines is 4. The van der Waals surface area contributed by atoms with Crippen LogP contribution in [0.25, 0.3) is 11.1 Å². The average Bonchev–Trinajstić information content (AvgIpc) is 3.96. The highest BCUT2D eigenvalue weighted by Gasteiger charge is 2.45. The number of amides is 3. The second-order valence-corrected chi connectivity index (χ2v) is 14.5. The summed E-state index contributed by atoms with van der Waals surface area (Å²) in [6.07, 6.45) is -3.29. The van der Waals surface area contributed by atoms with Gasteiger partial charge < -0.3 is 31.3 Å². The number of para-hydroxylation sites is 1. The molecular weight excluding hydrogens is 768 g/mol. The second-order valence-electron chi connectivity index (χ2n) is 14.1. The van der Waals surface area contributed by atoms with Crippen LogP contribution in [0.1, 0.15) is 42.6 Å². The Labute approximate surface area is 329 Å². The molecule has 1 heterocycles. The van der Waals surface area contributed by atoms with Crippen molar-refractivity contribution in [1.29, 1.82) is 0 Å². The van der Waals surface area contributed by atoms with Gasteiger partial charge >= 0.3 is 24.0 Å². The van der Waals surface area contributed by atoms with E-state index in [2.05, 4.69) is 41.5 Å². The highest BCUT2D eigenvalue weighted by Crippen LogP contribution is 2.48. The van der Waals surface area contributed by atoms with Gasteiger partial charge in [-0.2, -0.15) is 28.1 Å². The van der Waals surface area contributed by atoms with Gasteiger partial charge in [-0.3, -0.25) is 14.4 Å². The van der Waals surface area contributed by atoms with Gasteiger partial charge in [-0.05, 0) is 65.8 Å². The average molecular weight is 805 g/mol. The van der Waals surface area contributed by atoms with Gasteiger partial charge in [0.15, 0.2) is 6.61 Å². The number of carbonyl (C=O) groups is 3. The van der Waals surface area contributed by atoms with Crippen LogP contribution in [0.15, 0.2) is 97.1 Å². The minimum atomic E-state index is -4.66. The predicted molar refractivity (Wildman–Crippen MR) is 207 cm³/mol. The molecule has 0 atom stereocenters. The monoisotopic (exact) mass is 804 g/mol. The van der Waals surface area contributed by atoms with Crippen molar-refractivity contribution in [1.82, 2.24) is 25.6 Å². The number of nitrogens with one attached hydrogen (secondary N) is 5. The van der Waals surface area contributed by atoms with Gasteiger partial charge in [0.25, 0.3) is 5.91 Å². The van der Waals surface area contributed by atoms with Crippen molar-refractivity contribution >= 4 is 52.6 Å². The first-order chi connectivity index (χ1) is 27.1. The van der Waals surface area contributed by atoms with Crippen LogP contribution in [-0.4, -0.2) is 58.5 Å². The van der Waals surface area contributed by atoms with Gasteiger partial charge in [-0.15, -0.1) is 0 Å². The largest absolute Gasteiger partial charge is 0.454 e. The van der Waals surface area contributed by atoms with E-state index < -0.39 is 53.3 Å². The van der Waals surface area contributed by atoms with Crippen LogP contribution in [0.5, 0.6) is 6.01 Å². The quantitative estimate of drug-likeness (QED) is 0.0562. The zero-order valence-electron chi connectivity index (χ0n) is 30.6. The molecule has 1 fully saturated rings. The van der Waals surface area contributed by atoms with E-state index in [1.54, 1.807) is 38.1 Å². The first-order valence-corrected chi connectivity index (χ1v) is 18.0. The molecule has 1 aromatic heterocycles. The number of carbonyl (C=O) groups excluding carboxylic acids is 3. The zero-order chi connectivity index (χ0) is 40.8. The molecule has 4 aromatic carbocycles. The molecule has 0 unspecified atom stereocenters. The van der Waals surface area contributed by atoms with Crippen molar-refractivity contribution in [3.05, 3.63) is 119 Å². The van der Waals surface area contributed by atoms with Crippen molar-refractivity contribution in [2.45, 2.75) is 38.4 Å². The van der Waals surface area contributed by atoms with Gasteiger partial charge in [-0.25, -0.2) is 4.39 Å². The summed E-state index contributed by atoms with van der Waals surface area (Å²) < 4.78 is 59.0. The summed E-state index contributed by atoms with van der Waals surface area (Å²) >= 11 is 6.03. The Kier molecular flexibility index (Phi) is 11.9. The van der Waals surface area contributed by atoms with Gasteiger partial charge in [0, 0.05) is 35.1 Å². The minimum absolute atomic E-state index is 0.00284. The van der Waals surface area contributed by atoms with Crippen LogP contribution in [0.3, 0.4) is 0 Å². The SMILES string of the molecule is CC(C)(CNC(=O)C(=O)Nc1ccccc1-c1ccccc1)CNC(=O)c1ccc(Nc2nc(NC3(c4ccc(Cl)cc4)CC3)nc(OCC(F)(F)F)n2)cc1F. The topological polar surface area (TPSA) is 159 Å². The van der Waals surface area contributed by atoms with E-state index in [1.807, 2.05) is 54.6 Å². The van der Waals surface area contributed by atoms with E-state index in [0.717, 1.165) is 22.8 Å². The summed E-state index contributed by atoms with van der Waals surface area (Å²) in [4.78, 5) is 50.7. The molecule has 0 spiro atoms. The third kappa shape index (κ3) is 10.9. The summed E-state index contributed by atoms with van der Waals surface area (Å²) in [6, 6.07) is 26.5. The molecule has 12 nitrogen and oxygen atoms in total. The Bertz CT molecular complexity index is 2260. The number of ether oxygens (including phenoxy) is 1. The van der Waals surface area contributed by atoms with E-state index in [-0.39, 0.29) is 36.2 Å². The molecule has 1 aliphatic carbocycles. The molecule has 1 saturated carbocycles. The van der Waals surface area contributed by atoms with E-state index in [9.17, 15) is 27.6 Å². The summed E-state index contributed by atoms with van der Waals surface area (Å²) in [6.45, 7) is 1.83. The number of nitrogens with zero attached hydrogens (tertiary/aromatic N) is 3. The maximum Gasteiger partial charge on any atom is 0.422 e. The Morgan fingerprint density at radius 1 is 0.807 bits per heavy atom. The van der Waals surface area contributed by atoms with Crippen molar-refractivity contribution in [2.24, 2.45) is 5.41 Å². The van der Waals surface area contributed by atoms with E-state index in [4.69, 9.17) is 16.3 Å². The normalized spacial score (nSPS) is 13.2. The number of hydrogen-bond donors (Lipinski definition) is 5. The van der Waals surface area contributed by atoms with Crippen LogP contribution in [0, 0.1) is 11.2 Å². The molecule has 6 rings (SSSR count). The summed E-state index contributed by atoms with van der Waals surface area (Å²) in [5.41, 5.74) is 1.37. The maximum absolute atomic E-state index is 15.3. The Morgan fingerprint density at radius 3 is 2.16 bits per heavy atom. The number of halogens is 5. The number of hydrogen-bond acceptors (Lipinski definition) is 9. The number of aromatic nitrogens is 3. The molecule has 17 heteroatoms. The molecule has 296 valence electrons. The molecule has 5 N–H and O–H groups in total. The Balaban J connectivity index is 1.05. The highest BCUT2D eigenvalue weighted by molar-refractivity contribution is 6.40. The standard InChI is InChI=1S/C40H37ClF4N8O4/c1-38(2,22-47-33(55)34(56)49-31-11-7-6-10-28(31)24-8-4-3-5-9-24)21-46-32(54)29-17-16-27(20-30(29)42)48-35-50-36(52-37(51-35)57-23-40(43,44)45)53-39(18-19-39)25-12-14-26(41)15-13-25/h3-17,20H,18-19,21-23H2,1-2H3,(H,46,54)(H,47,55)(H,49,56)(H2,48,50,51,52,53). The lowest BCUT2D eigenvalue weighted by atomic mass is 9.93. The smallest absolute Gasteiger partial charge is 0.422 e. The summed E-state index contributed by atoms with van der Waals surface area (Å²) in [7, 11) is 0. The molecule has 1 aliphatic rings. The fourth-order valence-corrected chi connectivity index (χ4v) is 5.82. The molecular formula is C40H37ClF4N8O4. The fourth-order valence-electron chi connectivity index (χ4n) is 5.70. The second kappa shape index (κ2) is 16.8. The van der Waals surface area contributed by atoms with Crippen molar-refractivity contribution < 1.29 is 36.7 Å². The minimum Gasteiger partial charge on any atom is -0.454 e. The molecule has 57 heavy (non-hydrogen) atoms. The van der Waals surface area contributed by atoms with Crippen molar-refractivity contribution in [3.8, 4) is 17.1 Å². The first kappa shape index (κ1) is 40.4. The Hall–Kier alpha value is -6.29. The third-order valence-electron chi connectivity index (χ3n) is 8.87. The van der Waals surface area contributed by atoms with E-state index in [1.165, 1.54) is 12.1 Å². The number of rotatable bonds is 14. The van der Waals surface area contributed by atoms with Crippen LogP contribution in [-0.2, 0) is 15.1 Å². The molecule has 0 saturated heterocycles. The van der Waals surface area contributed by atoms with Gasteiger partial charge in [0.05, 0.1) is 11.1 Å². The zero-order valence-corrected chi connectivity index (χ0v) is 31.4. The van der Waals surface area contributed by atoms with E-state index in [0.29, 0.717) is 23.6 Å². The van der Waals surface area contributed by atoms with Crippen LogP contribution in [0.2, 0.25) is 5.02 Å². The molecule has 5 aromatic rings. The summed E-state index contributed by atoms with van der Waals surface area (Å²) in [5.74, 6) is -3.74. The van der Waals surface area contributed by atoms with Crippen LogP contribution >= 0.6 is 11.6 Å². The lowest BCUT2D eigenvalue weighted by Gasteiger charge is -2.25. The van der Waals surface area contributed by atoms with Gasteiger partial charge in [0.2, 0.25) is 11.9 Å². The van der Waals surface area contributed by atoms with E-state index >= 15 is 4.39 Å². The lowest BCUT2D eigenvalue weighted by molar-refractivity contribution is -0.154. The highest BCUT2D eigenvalue weighted by atomic mass is 35.5. The summed E-state index contributed by atoms with van der Waals surface area (Å²) in [5, 5.41) is 14.3. The molecule has 3 amide bonds. The molecule has 0 radical (unpaired) electrons. The number of benzene rings is 4. The fraction of sp³-hybridized carbons (Fsp3) is 0.250. The maximum atomic E-state index is 15.3. The molecule has 0 bridgehead atoms. The number of alkyl halides is 3. The predicted octanol–water partition coefficient (Wildman–Crippen LogP) is 7.63. The lowest BCUT2D eigenvalue weighted by Crippen LogP contribution is -2.45. The van der Waals surface area contributed by atoms with Crippen LogP contribution in [0.4, 0.5) is 40.8 Å². The molecule has 0 aliphatic heterocycles. The van der Waals surface area contributed by atoms with Gasteiger partial charge in [-0.1, -0.05) is 86.1 Å². The van der Waals surface area contributed by atoms with Crippen LogP contribution < -0.4 is 31.3 Å². The third-order valence-corrected chi connectivity index (χ3v) is 9.12. The van der Waals surface area contributed by atoms with Crippen molar-refractivity contribution in [2.75, 3.05) is 35.6 Å². The van der Waals surface area contributed by atoms with Crippen molar-refractivity contribution in [3.63, 3.8) is 0 Å².